The quantitative estimate of drug-likeness (QED) is 0.361. The van der Waals surface area contributed by atoms with Crippen LogP contribution in [0.25, 0.3) is 10.9 Å². The van der Waals surface area contributed by atoms with Crippen LogP contribution in [0.2, 0.25) is 0 Å². The molecule has 7 nitrogen and oxygen atoms in total. The van der Waals surface area contributed by atoms with Crippen molar-refractivity contribution in [3.8, 4) is 0 Å². The Morgan fingerprint density at radius 3 is 2.33 bits per heavy atom. The van der Waals surface area contributed by atoms with Crippen LogP contribution in [0.1, 0.15) is 37.8 Å². The summed E-state index contributed by atoms with van der Waals surface area (Å²) in [5, 5.41) is 6.58. The first-order valence-corrected chi connectivity index (χ1v) is 11.3. The van der Waals surface area contributed by atoms with Crippen molar-refractivity contribution in [1.82, 2.24) is 15.6 Å². The Kier molecular flexibility index (Phi) is 8.24. The van der Waals surface area contributed by atoms with Crippen molar-refractivity contribution >= 4 is 28.6 Å². The van der Waals surface area contributed by atoms with Gasteiger partial charge in [-0.2, -0.15) is 0 Å². The second-order valence-electron chi connectivity index (χ2n) is 8.76. The highest BCUT2D eigenvalue weighted by molar-refractivity contribution is 5.92. The minimum Gasteiger partial charge on any atom is -0.368 e. The summed E-state index contributed by atoms with van der Waals surface area (Å²) >= 11 is 0. The number of H-pyrrole nitrogens is 1. The van der Waals surface area contributed by atoms with Crippen LogP contribution >= 0.6 is 0 Å². The molecule has 1 aromatic heterocycles. The van der Waals surface area contributed by atoms with E-state index in [9.17, 15) is 14.4 Å². The molecule has 2 aromatic carbocycles. The first-order chi connectivity index (χ1) is 15.8. The molecule has 1 heterocycles. The highest BCUT2D eigenvalue weighted by Gasteiger charge is 2.27. The average Bonchev–Trinajstić information content (AvgIpc) is 3.20. The Balaban J connectivity index is 1.65. The number of primary amides is 1. The molecule has 0 bridgehead atoms. The largest absolute Gasteiger partial charge is 0.368 e. The summed E-state index contributed by atoms with van der Waals surface area (Å²) in [7, 11) is 0. The van der Waals surface area contributed by atoms with E-state index in [1.54, 1.807) is 0 Å². The Morgan fingerprint density at radius 1 is 0.939 bits per heavy atom. The summed E-state index contributed by atoms with van der Waals surface area (Å²) in [6.07, 6.45) is 3.42. The molecule has 3 amide bonds. The zero-order chi connectivity index (χ0) is 23.8. The zero-order valence-electron chi connectivity index (χ0n) is 19.1. The fourth-order valence-electron chi connectivity index (χ4n) is 3.89. The molecule has 174 valence electrons. The van der Waals surface area contributed by atoms with Gasteiger partial charge in [0.1, 0.15) is 12.1 Å². The number of amides is 3. The number of aromatic nitrogens is 1. The van der Waals surface area contributed by atoms with Crippen LogP contribution < -0.4 is 16.4 Å². The molecule has 33 heavy (non-hydrogen) atoms. The van der Waals surface area contributed by atoms with Crippen LogP contribution in [0, 0.1) is 5.92 Å². The van der Waals surface area contributed by atoms with Gasteiger partial charge in [-0.1, -0.05) is 62.4 Å². The average molecular weight is 449 g/mol. The van der Waals surface area contributed by atoms with Crippen molar-refractivity contribution in [3.05, 3.63) is 71.9 Å². The van der Waals surface area contributed by atoms with Gasteiger partial charge in [0.05, 0.1) is 0 Å². The van der Waals surface area contributed by atoms with E-state index in [2.05, 4.69) is 15.6 Å². The van der Waals surface area contributed by atoms with Gasteiger partial charge in [0.15, 0.2) is 0 Å². The summed E-state index contributed by atoms with van der Waals surface area (Å²) in [5.74, 6) is -1.05. The molecule has 0 radical (unpaired) electrons. The number of nitrogens with one attached hydrogen (secondary N) is 3. The maximum Gasteiger partial charge on any atom is 0.243 e. The molecule has 2 atom stereocenters. The summed E-state index contributed by atoms with van der Waals surface area (Å²) in [4.78, 5) is 40.9. The van der Waals surface area contributed by atoms with Gasteiger partial charge in [0.25, 0.3) is 0 Å². The van der Waals surface area contributed by atoms with Gasteiger partial charge in [-0.15, -0.1) is 0 Å². The second kappa shape index (κ2) is 11.3. The van der Waals surface area contributed by atoms with E-state index in [0.717, 1.165) is 22.0 Å². The third-order valence-corrected chi connectivity index (χ3v) is 5.60. The van der Waals surface area contributed by atoms with Crippen molar-refractivity contribution in [3.63, 3.8) is 0 Å². The van der Waals surface area contributed by atoms with Gasteiger partial charge in [-0.3, -0.25) is 14.4 Å². The van der Waals surface area contributed by atoms with Crippen LogP contribution in [-0.4, -0.2) is 34.8 Å². The Hall–Kier alpha value is -3.61. The molecular weight excluding hydrogens is 416 g/mol. The first-order valence-electron chi connectivity index (χ1n) is 11.3. The van der Waals surface area contributed by atoms with Gasteiger partial charge in [0, 0.05) is 29.9 Å². The zero-order valence-corrected chi connectivity index (χ0v) is 19.1. The van der Waals surface area contributed by atoms with Crippen LogP contribution in [0.3, 0.4) is 0 Å². The SMILES string of the molecule is CC(C)C[C@H](NC(=O)CCc1ccccc1)C(=O)N[C@@H](Cc1c[nH]c2ccccc12)C(N)=O. The van der Waals surface area contributed by atoms with Gasteiger partial charge in [0.2, 0.25) is 17.7 Å². The Bertz CT molecular complexity index is 1090. The molecule has 3 aromatic rings. The van der Waals surface area contributed by atoms with Crippen molar-refractivity contribution < 1.29 is 14.4 Å². The van der Waals surface area contributed by atoms with E-state index in [-0.39, 0.29) is 24.7 Å². The molecule has 3 rings (SSSR count). The summed E-state index contributed by atoms with van der Waals surface area (Å²) < 4.78 is 0. The van der Waals surface area contributed by atoms with Crippen LogP contribution in [-0.2, 0) is 27.2 Å². The van der Waals surface area contributed by atoms with Crippen molar-refractivity contribution in [2.24, 2.45) is 11.7 Å². The molecule has 7 heteroatoms. The van der Waals surface area contributed by atoms with Crippen molar-refractivity contribution in [2.75, 3.05) is 0 Å². The van der Waals surface area contributed by atoms with Gasteiger partial charge < -0.3 is 21.4 Å². The van der Waals surface area contributed by atoms with Crippen LogP contribution in [0.5, 0.6) is 0 Å². The fraction of sp³-hybridized carbons (Fsp3) is 0.346. The number of benzene rings is 2. The Labute approximate surface area is 194 Å². The highest BCUT2D eigenvalue weighted by Crippen LogP contribution is 2.19. The lowest BCUT2D eigenvalue weighted by molar-refractivity contribution is -0.131. The number of hydrogen-bond acceptors (Lipinski definition) is 3. The Morgan fingerprint density at radius 2 is 1.64 bits per heavy atom. The number of rotatable bonds is 11. The van der Waals surface area contributed by atoms with Crippen LogP contribution in [0.4, 0.5) is 0 Å². The molecule has 0 unspecified atom stereocenters. The molecule has 5 N–H and O–H groups in total. The first kappa shape index (κ1) is 24.0. The standard InChI is InChI=1S/C26H32N4O3/c1-17(2)14-23(29-24(31)13-12-18-8-4-3-5-9-18)26(33)30-22(25(27)32)15-19-16-28-21-11-7-6-10-20(19)21/h3-11,16-17,22-23,28H,12-15H2,1-2H3,(H2,27,32)(H,29,31)(H,30,33)/t22-,23-/m0/s1. The number of carbonyl (C=O) groups excluding carboxylic acids is 3. The molecule has 0 saturated carbocycles. The molecule has 0 aliphatic rings. The third-order valence-electron chi connectivity index (χ3n) is 5.60. The van der Waals surface area contributed by atoms with E-state index in [4.69, 9.17) is 5.73 Å². The summed E-state index contributed by atoms with van der Waals surface area (Å²) in [5.41, 5.74) is 8.51. The number of para-hydroxylation sites is 1. The summed E-state index contributed by atoms with van der Waals surface area (Å²) in [6.45, 7) is 3.96. The maximum atomic E-state index is 13.1. The normalized spacial score (nSPS) is 12.9. The molecule has 0 saturated heterocycles. The van der Waals surface area contributed by atoms with E-state index in [0.29, 0.717) is 12.8 Å². The lowest BCUT2D eigenvalue weighted by Crippen LogP contribution is -2.54. The molecule has 0 aliphatic heterocycles. The number of fused-ring (bicyclic) bond motifs is 1. The number of nitrogens with two attached hydrogens (primary N) is 1. The fourth-order valence-corrected chi connectivity index (χ4v) is 3.89. The number of aryl methyl sites for hydroxylation is 1. The van der Waals surface area contributed by atoms with E-state index in [1.165, 1.54) is 0 Å². The second-order valence-corrected chi connectivity index (χ2v) is 8.76. The van der Waals surface area contributed by atoms with E-state index >= 15 is 0 Å². The monoisotopic (exact) mass is 448 g/mol. The smallest absolute Gasteiger partial charge is 0.243 e. The third kappa shape index (κ3) is 6.94. The van der Waals surface area contributed by atoms with Gasteiger partial charge >= 0.3 is 0 Å². The molecule has 0 spiro atoms. The van der Waals surface area contributed by atoms with Crippen LogP contribution in [0.15, 0.2) is 60.8 Å². The molecule has 0 fully saturated rings. The minimum absolute atomic E-state index is 0.177. The van der Waals surface area contributed by atoms with Crippen molar-refractivity contribution in [1.29, 1.82) is 0 Å². The lowest BCUT2D eigenvalue weighted by Gasteiger charge is -2.23. The maximum absolute atomic E-state index is 13.1. The lowest BCUT2D eigenvalue weighted by atomic mass is 10.0. The predicted molar refractivity (Wildman–Crippen MR) is 129 cm³/mol. The van der Waals surface area contributed by atoms with Gasteiger partial charge in [-0.25, -0.2) is 0 Å². The molecular formula is C26H32N4O3. The minimum atomic E-state index is -0.882. The topological polar surface area (TPSA) is 117 Å². The van der Waals surface area contributed by atoms with E-state index < -0.39 is 23.9 Å². The predicted octanol–water partition coefficient (Wildman–Crippen LogP) is 2.84. The number of hydrogen-bond donors (Lipinski definition) is 4. The van der Waals surface area contributed by atoms with E-state index in [1.807, 2.05) is 74.6 Å². The van der Waals surface area contributed by atoms with Crippen molar-refractivity contribution in [2.45, 2.75) is 51.6 Å². The summed E-state index contributed by atoms with van der Waals surface area (Å²) in [6, 6.07) is 15.8. The van der Waals surface area contributed by atoms with Gasteiger partial charge in [-0.05, 0) is 36.0 Å². The molecule has 0 aliphatic carbocycles. The number of carbonyl (C=O) groups is 3. The number of aromatic amines is 1. The highest BCUT2D eigenvalue weighted by atomic mass is 16.2.